The van der Waals surface area contributed by atoms with E-state index in [1.54, 1.807) is 6.92 Å². The van der Waals surface area contributed by atoms with Crippen LogP contribution in [0, 0.1) is 5.82 Å². The van der Waals surface area contributed by atoms with Crippen LogP contribution in [0.4, 0.5) is 4.39 Å². The first-order valence-corrected chi connectivity index (χ1v) is 7.26. The van der Waals surface area contributed by atoms with Crippen LogP contribution in [0.1, 0.15) is 30.1 Å². The van der Waals surface area contributed by atoms with Gasteiger partial charge in [0.15, 0.2) is 0 Å². The lowest BCUT2D eigenvalue weighted by Gasteiger charge is -2.30. The molecular formula is C15H19ClFNO4. The largest absolute Gasteiger partial charge is 0.469 e. The van der Waals surface area contributed by atoms with Crippen LogP contribution in [-0.2, 0) is 9.53 Å². The van der Waals surface area contributed by atoms with Crippen molar-refractivity contribution in [3.8, 4) is 0 Å². The summed E-state index contributed by atoms with van der Waals surface area (Å²) in [5, 5.41) is 9.40. The lowest BCUT2D eigenvalue weighted by Crippen LogP contribution is -2.43. The molecule has 1 aromatic carbocycles. The summed E-state index contributed by atoms with van der Waals surface area (Å²) < 4.78 is 18.5. The van der Waals surface area contributed by atoms with Crippen molar-refractivity contribution in [3.63, 3.8) is 0 Å². The fourth-order valence-corrected chi connectivity index (χ4v) is 2.30. The van der Waals surface area contributed by atoms with Crippen LogP contribution in [0.25, 0.3) is 0 Å². The number of aliphatic hydroxyl groups is 1. The number of carbonyl (C=O) groups excluding carboxylic acids is 2. The molecule has 0 heterocycles. The number of nitrogens with zero attached hydrogens (tertiary/aromatic N) is 1. The Labute approximate surface area is 133 Å². The smallest absolute Gasteiger partial charge is 0.307 e. The molecule has 0 bridgehead atoms. The first kappa shape index (κ1) is 18.4. The van der Waals surface area contributed by atoms with Gasteiger partial charge in [0.25, 0.3) is 5.91 Å². The SMILES string of the molecule is CCC(CO)N(CCC(=O)OC)C(=O)c1c(F)cccc1Cl. The maximum atomic E-state index is 13.9. The molecule has 0 fully saturated rings. The third kappa shape index (κ3) is 4.42. The first-order valence-electron chi connectivity index (χ1n) is 6.88. The second kappa shape index (κ2) is 8.70. The van der Waals surface area contributed by atoms with Gasteiger partial charge >= 0.3 is 5.97 Å². The maximum absolute atomic E-state index is 13.9. The zero-order valence-corrected chi connectivity index (χ0v) is 13.3. The van der Waals surface area contributed by atoms with E-state index in [4.69, 9.17) is 11.6 Å². The zero-order valence-electron chi connectivity index (χ0n) is 12.5. The fraction of sp³-hybridized carbons (Fsp3) is 0.467. The normalized spacial score (nSPS) is 11.9. The predicted molar refractivity (Wildman–Crippen MR) is 80.2 cm³/mol. The molecule has 0 aliphatic heterocycles. The first-order chi connectivity index (χ1) is 10.5. The molecule has 0 saturated heterocycles. The Morgan fingerprint density at radius 2 is 2.14 bits per heavy atom. The summed E-state index contributed by atoms with van der Waals surface area (Å²) in [6.45, 7) is 1.49. The van der Waals surface area contributed by atoms with Crippen molar-refractivity contribution in [2.45, 2.75) is 25.8 Å². The van der Waals surface area contributed by atoms with Crippen molar-refractivity contribution in [1.82, 2.24) is 4.90 Å². The lowest BCUT2D eigenvalue weighted by atomic mass is 10.1. The molecule has 1 aromatic rings. The fourth-order valence-electron chi connectivity index (χ4n) is 2.06. The topological polar surface area (TPSA) is 66.8 Å². The average Bonchev–Trinajstić information content (AvgIpc) is 2.50. The van der Waals surface area contributed by atoms with E-state index >= 15 is 0 Å². The number of hydrogen-bond acceptors (Lipinski definition) is 4. The van der Waals surface area contributed by atoms with Crippen molar-refractivity contribution < 1.29 is 23.8 Å². The lowest BCUT2D eigenvalue weighted by molar-refractivity contribution is -0.140. The molecule has 7 heteroatoms. The Balaban J connectivity index is 3.08. The summed E-state index contributed by atoms with van der Waals surface area (Å²) in [7, 11) is 1.24. The molecule has 0 aliphatic carbocycles. The van der Waals surface area contributed by atoms with Crippen LogP contribution in [-0.4, -0.2) is 48.2 Å². The van der Waals surface area contributed by atoms with Gasteiger partial charge in [0, 0.05) is 6.54 Å². The molecule has 1 atom stereocenters. The van der Waals surface area contributed by atoms with Crippen molar-refractivity contribution in [2.24, 2.45) is 0 Å². The molecule has 22 heavy (non-hydrogen) atoms. The average molecular weight is 332 g/mol. The number of rotatable bonds is 7. The molecule has 0 aliphatic rings. The highest BCUT2D eigenvalue weighted by molar-refractivity contribution is 6.33. The van der Waals surface area contributed by atoms with Gasteiger partial charge < -0.3 is 14.7 Å². The molecule has 5 nitrogen and oxygen atoms in total. The predicted octanol–water partition coefficient (Wildman–Crippen LogP) is 2.26. The van der Waals surface area contributed by atoms with Crippen molar-refractivity contribution >= 4 is 23.5 Å². The van der Waals surface area contributed by atoms with E-state index in [0.717, 1.165) is 6.07 Å². The van der Waals surface area contributed by atoms with Crippen LogP contribution in [0.5, 0.6) is 0 Å². The van der Waals surface area contributed by atoms with Gasteiger partial charge in [-0.3, -0.25) is 9.59 Å². The van der Waals surface area contributed by atoms with E-state index < -0.39 is 23.7 Å². The molecule has 0 radical (unpaired) electrons. The van der Waals surface area contributed by atoms with E-state index in [9.17, 15) is 19.1 Å². The summed E-state index contributed by atoms with van der Waals surface area (Å²) in [5.41, 5.74) is -0.263. The highest BCUT2D eigenvalue weighted by Crippen LogP contribution is 2.22. The van der Waals surface area contributed by atoms with Gasteiger partial charge in [-0.05, 0) is 18.6 Å². The minimum Gasteiger partial charge on any atom is -0.469 e. The monoisotopic (exact) mass is 331 g/mol. The third-order valence-electron chi connectivity index (χ3n) is 3.34. The van der Waals surface area contributed by atoms with Crippen LogP contribution in [0.3, 0.4) is 0 Å². The van der Waals surface area contributed by atoms with Crippen LogP contribution in [0.15, 0.2) is 18.2 Å². The van der Waals surface area contributed by atoms with Crippen LogP contribution < -0.4 is 0 Å². The maximum Gasteiger partial charge on any atom is 0.307 e. The number of halogens is 2. The molecule has 1 rings (SSSR count). The Morgan fingerprint density at radius 1 is 1.45 bits per heavy atom. The van der Waals surface area contributed by atoms with E-state index in [0.29, 0.717) is 6.42 Å². The van der Waals surface area contributed by atoms with Crippen molar-refractivity contribution in [1.29, 1.82) is 0 Å². The van der Waals surface area contributed by atoms with Crippen LogP contribution in [0.2, 0.25) is 5.02 Å². The number of methoxy groups -OCH3 is 1. The summed E-state index contributed by atoms with van der Waals surface area (Å²) in [4.78, 5) is 25.1. The molecule has 1 N–H and O–H groups in total. The number of ether oxygens (including phenoxy) is 1. The molecule has 1 unspecified atom stereocenters. The number of esters is 1. The minimum atomic E-state index is -0.742. The number of hydrogen-bond donors (Lipinski definition) is 1. The van der Waals surface area contributed by atoms with E-state index in [1.807, 2.05) is 0 Å². The third-order valence-corrected chi connectivity index (χ3v) is 3.66. The molecule has 122 valence electrons. The standard InChI is InChI=1S/C15H19ClFNO4/c1-3-10(9-19)18(8-7-13(20)22-2)15(21)14-11(16)5-4-6-12(14)17/h4-6,10,19H,3,7-9H2,1-2H3. The Kier molecular flexibility index (Phi) is 7.27. The van der Waals surface area contributed by atoms with Gasteiger partial charge in [0.1, 0.15) is 5.82 Å². The number of carbonyl (C=O) groups is 2. The molecule has 0 saturated carbocycles. The van der Waals surface area contributed by atoms with E-state index in [1.165, 1.54) is 24.1 Å². The summed E-state index contributed by atoms with van der Waals surface area (Å²) in [5.74, 6) is -1.90. The highest BCUT2D eigenvalue weighted by atomic mass is 35.5. The molecule has 0 aromatic heterocycles. The molecule has 1 amide bonds. The second-order valence-corrected chi connectivity index (χ2v) is 5.07. The number of amides is 1. The summed E-state index contributed by atoms with van der Waals surface area (Å²) in [6.07, 6.45) is 0.403. The van der Waals surface area contributed by atoms with Crippen molar-refractivity contribution in [2.75, 3.05) is 20.3 Å². The number of benzene rings is 1. The van der Waals surface area contributed by atoms with Gasteiger partial charge in [-0.2, -0.15) is 0 Å². The van der Waals surface area contributed by atoms with E-state index in [-0.39, 0.29) is 30.2 Å². The van der Waals surface area contributed by atoms with Gasteiger partial charge in [-0.1, -0.05) is 24.6 Å². The minimum absolute atomic E-state index is 0.00916. The van der Waals surface area contributed by atoms with Gasteiger partial charge in [0.05, 0.1) is 36.8 Å². The number of aliphatic hydroxyl groups excluding tert-OH is 1. The zero-order chi connectivity index (χ0) is 16.7. The quantitative estimate of drug-likeness (QED) is 0.778. The van der Waals surface area contributed by atoms with Gasteiger partial charge in [-0.25, -0.2) is 4.39 Å². The van der Waals surface area contributed by atoms with Crippen molar-refractivity contribution in [3.05, 3.63) is 34.6 Å². The summed E-state index contributed by atoms with van der Waals surface area (Å²) in [6, 6.07) is 3.41. The van der Waals surface area contributed by atoms with Crippen LogP contribution >= 0.6 is 11.6 Å². The summed E-state index contributed by atoms with van der Waals surface area (Å²) >= 11 is 5.91. The van der Waals surface area contributed by atoms with Gasteiger partial charge in [0.2, 0.25) is 0 Å². The van der Waals surface area contributed by atoms with Gasteiger partial charge in [-0.15, -0.1) is 0 Å². The molecule has 0 spiro atoms. The second-order valence-electron chi connectivity index (χ2n) is 4.67. The molecular weight excluding hydrogens is 313 g/mol. The Hall–Kier alpha value is -1.66. The Bertz CT molecular complexity index is 514. The Morgan fingerprint density at radius 3 is 2.64 bits per heavy atom. The highest BCUT2D eigenvalue weighted by Gasteiger charge is 2.27. The van der Waals surface area contributed by atoms with E-state index in [2.05, 4.69) is 4.74 Å².